The van der Waals surface area contributed by atoms with Crippen LogP contribution in [0.25, 0.3) is 10.2 Å². The second-order valence-electron chi connectivity index (χ2n) is 5.04. The topological polar surface area (TPSA) is 27.9 Å². The van der Waals surface area contributed by atoms with Gasteiger partial charge in [-0.3, -0.25) is 0 Å². The van der Waals surface area contributed by atoms with Crippen LogP contribution in [0, 0.1) is 19.3 Å². The molecule has 0 bridgehead atoms. The predicted octanol–water partition coefficient (Wildman–Crippen LogP) is 3.94. The van der Waals surface area contributed by atoms with Crippen LogP contribution in [0.4, 0.5) is 11.4 Å². The maximum atomic E-state index is 5.44. The largest absolute Gasteiger partial charge is 0.332 e. The van der Waals surface area contributed by atoms with Crippen LogP contribution in [0.2, 0.25) is 0 Å². The molecule has 0 fully saturated rings. The summed E-state index contributed by atoms with van der Waals surface area (Å²) in [6.45, 7) is 2.67. The number of terminal acetylenes is 1. The molecule has 0 aliphatic heterocycles. The van der Waals surface area contributed by atoms with Crippen LogP contribution in [0.5, 0.6) is 0 Å². The number of benzene rings is 2. The van der Waals surface area contributed by atoms with Gasteiger partial charge in [-0.15, -0.1) is 6.42 Å². The molecule has 0 saturated carbocycles. The molecule has 0 amide bonds. The number of fused-ring (bicyclic) bond motifs is 1. The summed E-state index contributed by atoms with van der Waals surface area (Å²) in [6.07, 6.45) is 5.44. The van der Waals surface area contributed by atoms with Crippen molar-refractivity contribution in [2.75, 3.05) is 10.6 Å². The molecule has 3 rings (SSSR count). The van der Waals surface area contributed by atoms with Crippen molar-refractivity contribution < 1.29 is 4.57 Å². The molecule has 0 spiro atoms. The minimum atomic E-state index is 0.570. The Hall–Kier alpha value is -2.42. The minimum Gasteiger partial charge on any atom is -0.332 e. The number of anilines is 2. The first-order valence-corrected chi connectivity index (χ1v) is 8.39. The van der Waals surface area contributed by atoms with Gasteiger partial charge in [-0.25, -0.2) is 0 Å². The lowest BCUT2D eigenvalue weighted by atomic mass is 10.3. The van der Waals surface area contributed by atoms with Crippen molar-refractivity contribution in [3.8, 4) is 12.3 Å². The lowest BCUT2D eigenvalue weighted by Crippen LogP contribution is -2.34. The standard InChI is InChI=1S/C18H15N3S2/c1-3-11-21-13(2)23-17-12-15(9-10-16(17)21)20-18(22)19-14-7-5-4-6-8-14/h1,4-10,12H,11H2,2H3,(H-,19,20,22)/p+1. The Bertz CT molecular complexity index is 892. The average Bonchev–Trinajstić information content (AvgIpc) is 2.84. The second kappa shape index (κ2) is 6.78. The van der Waals surface area contributed by atoms with Gasteiger partial charge in [0.2, 0.25) is 17.1 Å². The summed E-state index contributed by atoms with van der Waals surface area (Å²) in [5.41, 5.74) is 3.07. The first-order valence-electron chi connectivity index (χ1n) is 7.17. The quantitative estimate of drug-likeness (QED) is 0.430. The lowest BCUT2D eigenvalue weighted by Gasteiger charge is -2.10. The Labute approximate surface area is 145 Å². The van der Waals surface area contributed by atoms with Crippen molar-refractivity contribution in [2.45, 2.75) is 13.5 Å². The zero-order chi connectivity index (χ0) is 16.2. The van der Waals surface area contributed by atoms with E-state index in [0.29, 0.717) is 11.7 Å². The van der Waals surface area contributed by atoms with Gasteiger partial charge >= 0.3 is 0 Å². The molecule has 1 aromatic heterocycles. The number of thiazole rings is 1. The molecule has 0 saturated heterocycles. The first kappa shape index (κ1) is 15.5. The fourth-order valence-electron chi connectivity index (χ4n) is 2.38. The predicted molar refractivity (Wildman–Crippen MR) is 102 cm³/mol. The Balaban J connectivity index is 1.79. The summed E-state index contributed by atoms with van der Waals surface area (Å²) in [5.74, 6) is 2.70. The normalized spacial score (nSPS) is 10.3. The number of rotatable bonds is 3. The van der Waals surface area contributed by atoms with E-state index < -0.39 is 0 Å². The highest BCUT2D eigenvalue weighted by atomic mass is 32.1. The van der Waals surface area contributed by atoms with Crippen LogP contribution in [0.1, 0.15) is 5.01 Å². The monoisotopic (exact) mass is 338 g/mol. The molecule has 114 valence electrons. The Morgan fingerprint density at radius 2 is 1.91 bits per heavy atom. The van der Waals surface area contributed by atoms with Crippen molar-refractivity contribution in [3.05, 3.63) is 53.5 Å². The number of nitrogens with zero attached hydrogens (tertiary/aromatic N) is 1. The molecule has 2 N–H and O–H groups in total. The average molecular weight is 338 g/mol. The molecule has 1 heterocycles. The maximum Gasteiger partial charge on any atom is 0.236 e. The van der Waals surface area contributed by atoms with Gasteiger partial charge < -0.3 is 10.6 Å². The van der Waals surface area contributed by atoms with Gasteiger partial charge in [0.15, 0.2) is 5.11 Å². The summed E-state index contributed by atoms with van der Waals surface area (Å²) in [5, 5.41) is 8.15. The minimum absolute atomic E-state index is 0.570. The third-order valence-electron chi connectivity index (χ3n) is 3.43. The highest BCUT2D eigenvalue weighted by molar-refractivity contribution is 7.80. The molecule has 23 heavy (non-hydrogen) atoms. The van der Waals surface area contributed by atoms with E-state index in [1.165, 1.54) is 9.71 Å². The van der Waals surface area contributed by atoms with Crippen LogP contribution >= 0.6 is 23.6 Å². The van der Waals surface area contributed by atoms with Gasteiger partial charge in [0, 0.05) is 24.4 Å². The number of nitrogens with one attached hydrogen (secondary N) is 2. The van der Waals surface area contributed by atoms with Gasteiger partial charge in [-0.2, -0.15) is 4.57 Å². The SMILES string of the molecule is C#CC[n+]1c(C)sc2cc(NC(=S)Nc3ccccc3)ccc21. The van der Waals surface area contributed by atoms with Gasteiger partial charge in [0.1, 0.15) is 4.70 Å². The van der Waals surface area contributed by atoms with Gasteiger partial charge in [-0.05, 0) is 42.4 Å². The number of para-hydroxylation sites is 1. The number of aromatic nitrogens is 1. The summed E-state index contributed by atoms with van der Waals surface area (Å²) < 4.78 is 3.33. The van der Waals surface area contributed by atoms with Crippen molar-refractivity contribution in [1.82, 2.24) is 0 Å². The summed E-state index contributed by atoms with van der Waals surface area (Å²) >= 11 is 7.09. The molecular formula is C18H16N3S2+. The smallest absolute Gasteiger partial charge is 0.236 e. The highest BCUT2D eigenvalue weighted by Gasteiger charge is 2.16. The Morgan fingerprint density at radius 1 is 1.17 bits per heavy atom. The molecule has 3 nitrogen and oxygen atoms in total. The van der Waals surface area contributed by atoms with Gasteiger partial charge in [-0.1, -0.05) is 29.5 Å². The van der Waals surface area contributed by atoms with E-state index in [0.717, 1.165) is 16.9 Å². The van der Waals surface area contributed by atoms with E-state index in [1.54, 1.807) is 11.3 Å². The maximum absolute atomic E-state index is 5.44. The molecule has 0 aliphatic carbocycles. The lowest BCUT2D eigenvalue weighted by molar-refractivity contribution is -0.660. The third-order valence-corrected chi connectivity index (χ3v) is 4.69. The molecular weight excluding hydrogens is 322 g/mol. The number of hydrogen-bond acceptors (Lipinski definition) is 2. The van der Waals surface area contributed by atoms with E-state index >= 15 is 0 Å². The number of hydrogen-bond donors (Lipinski definition) is 2. The number of aryl methyl sites for hydroxylation is 1. The zero-order valence-corrected chi connectivity index (χ0v) is 14.3. The van der Waals surface area contributed by atoms with E-state index in [2.05, 4.69) is 40.2 Å². The van der Waals surface area contributed by atoms with E-state index in [-0.39, 0.29) is 0 Å². The highest BCUT2D eigenvalue weighted by Crippen LogP contribution is 2.23. The van der Waals surface area contributed by atoms with Crippen molar-refractivity contribution in [2.24, 2.45) is 0 Å². The molecule has 0 unspecified atom stereocenters. The van der Waals surface area contributed by atoms with Crippen LogP contribution < -0.4 is 15.2 Å². The van der Waals surface area contributed by atoms with Crippen LogP contribution in [0.15, 0.2) is 48.5 Å². The fraction of sp³-hybridized carbons (Fsp3) is 0.111. The summed E-state index contributed by atoms with van der Waals surface area (Å²) in [4.78, 5) is 0. The van der Waals surface area contributed by atoms with Crippen molar-refractivity contribution in [3.63, 3.8) is 0 Å². The molecule has 0 aliphatic rings. The Morgan fingerprint density at radius 3 is 2.65 bits per heavy atom. The molecule has 0 atom stereocenters. The van der Waals surface area contributed by atoms with E-state index in [1.807, 2.05) is 36.4 Å². The summed E-state index contributed by atoms with van der Waals surface area (Å²) in [6, 6.07) is 16.0. The van der Waals surface area contributed by atoms with Crippen molar-refractivity contribution in [1.29, 1.82) is 0 Å². The fourth-order valence-corrected chi connectivity index (χ4v) is 3.68. The summed E-state index contributed by atoms with van der Waals surface area (Å²) in [7, 11) is 0. The molecule has 0 radical (unpaired) electrons. The third kappa shape index (κ3) is 3.50. The van der Waals surface area contributed by atoms with Crippen LogP contribution in [-0.4, -0.2) is 5.11 Å². The van der Waals surface area contributed by atoms with Gasteiger partial charge in [0.25, 0.3) is 0 Å². The zero-order valence-electron chi connectivity index (χ0n) is 12.7. The Kier molecular flexibility index (Phi) is 4.56. The number of thiocarbonyl (C=S) groups is 1. The second-order valence-corrected chi connectivity index (χ2v) is 6.68. The molecule has 2 aromatic carbocycles. The van der Waals surface area contributed by atoms with E-state index in [4.69, 9.17) is 18.6 Å². The van der Waals surface area contributed by atoms with Crippen LogP contribution in [0.3, 0.4) is 0 Å². The van der Waals surface area contributed by atoms with E-state index in [9.17, 15) is 0 Å². The van der Waals surface area contributed by atoms with Crippen molar-refractivity contribution >= 4 is 50.3 Å². The molecule has 5 heteroatoms. The van der Waals surface area contributed by atoms with Gasteiger partial charge in [0.05, 0.1) is 0 Å². The molecule has 3 aromatic rings. The first-order chi connectivity index (χ1) is 11.2. The van der Waals surface area contributed by atoms with Crippen LogP contribution in [-0.2, 0) is 6.54 Å².